The van der Waals surface area contributed by atoms with Gasteiger partial charge in [-0.15, -0.1) is 0 Å². The van der Waals surface area contributed by atoms with Crippen molar-refractivity contribution in [3.05, 3.63) is 53.4 Å². The van der Waals surface area contributed by atoms with Crippen LogP contribution in [0.2, 0.25) is 0 Å². The first-order chi connectivity index (χ1) is 25.8. The molecule has 1 N–H and O–H groups in total. The molecule has 0 unspecified atom stereocenters. The van der Waals surface area contributed by atoms with Gasteiger partial charge in [0.1, 0.15) is 17.5 Å². The Bertz CT molecular complexity index is 1820. The van der Waals surface area contributed by atoms with Crippen LogP contribution in [0.15, 0.2) is 47.6 Å². The fraction of sp³-hybridized carbons (Fsp3) is 0.708. The number of Topliss-reactive ketones (excluding diaryl/α,β-unsaturated/α-hetero) is 1. The molecule has 0 aromatic heterocycles. The highest BCUT2D eigenvalue weighted by molar-refractivity contribution is 6.02. The van der Waals surface area contributed by atoms with E-state index >= 15 is 0 Å². The summed E-state index contributed by atoms with van der Waals surface area (Å²) < 4.78 is 25.5. The highest BCUT2D eigenvalue weighted by Crippen LogP contribution is 2.77. The number of ketones is 1. The van der Waals surface area contributed by atoms with Crippen LogP contribution in [-0.2, 0) is 28.7 Å². The summed E-state index contributed by atoms with van der Waals surface area (Å²) in [6.45, 7) is 25.4. The Labute approximate surface area is 335 Å². The lowest BCUT2D eigenvalue weighted by atomic mass is 9.33. The van der Waals surface area contributed by atoms with Crippen molar-refractivity contribution in [2.45, 2.75) is 159 Å². The largest absolute Gasteiger partial charge is 0.462 e. The summed E-state index contributed by atoms with van der Waals surface area (Å²) in [5.74, 6) is 0.0175. The third-order valence-corrected chi connectivity index (χ3v) is 15.9. The Morgan fingerprint density at radius 3 is 2.16 bits per heavy atom. The number of hydrogen-bond donors (Lipinski definition) is 1. The Kier molecular flexibility index (Phi) is 10.7. The van der Waals surface area contributed by atoms with E-state index in [-0.39, 0.29) is 69.5 Å². The van der Waals surface area contributed by atoms with Crippen LogP contribution < -0.4 is 5.32 Å². The lowest BCUT2D eigenvalue weighted by Crippen LogP contribution is -2.65. The molecule has 7 nitrogen and oxygen atoms in total. The molecule has 0 heterocycles. The summed E-state index contributed by atoms with van der Waals surface area (Å²) in [5.41, 5.74) is 0.506. The summed E-state index contributed by atoms with van der Waals surface area (Å²) in [7, 11) is 0. The van der Waals surface area contributed by atoms with Gasteiger partial charge in [-0.25, -0.2) is 4.39 Å². The van der Waals surface area contributed by atoms with Gasteiger partial charge in [0.2, 0.25) is 5.91 Å². The van der Waals surface area contributed by atoms with E-state index in [0.29, 0.717) is 23.9 Å². The molecule has 0 saturated heterocycles. The van der Waals surface area contributed by atoms with Gasteiger partial charge in [0.25, 0.3) is 0 Å². The number of halogens is 1. The maximum Gasteiger partial charge on any atom is 0.312 e. The molecule has 4 fully saturated rings. The van der Waals surface area contributed by atoms with Crippen LogP contribution in [0.25, 0.3) is 0 Å². The van der Waals surface area contributed by atoms with E-state index in [1.54, 1.807) is 32.1 Å². The zero-order chi connectivity index (χ0) is 41.4. The Hall–Kier alpha value is -3.29. The third-order valence-electron chi connectivity index (χ3n) is 15.9. The molecule has 0 bridgehead atoms. The number of fused-ring (bicyclic) bond motifs is 7. The van der Waals surface area contributed by atoms with E-state index < -0.39 is 22.4 Å². The zero-order valence-corrected chi connectivity index (χ0v) is 36.2. The van der Waals surface area contributed by atoms with Gasteiger partial charge in [-0.05, 0) is 161 Å². The van der Waals surface area contributed by atoms with Gasteiger partial charge in [-0.3, -0.25) is 19.2 Å². The van der Waals surface area contributed by atoms with Crippen molar-refractivity contribution >= 4 is 29.3 Å². The first-order valence-electron chi connectivity index (χ1n) is 21.3. The number of anilines is 1. The van der Waals surface area contributed by atoms with Crippen molar-refractivity contribution in [2.75, 3.05) is 5.32 Å². The van der Waals surface area contributed by atoms with E-state index in [1.807, 2.05) is 26.8 Å². The summed E-state index contributed by atoms with van der Waals surface area (Å²) >= 11 is 0. The number of allylic oxidation sites excluding steroid dienone is 3. The summed E-state index contributed by atoms with van der Waals surface area (Å²) in [6.07, 6.45) is 11.5. The number of amides is 1. The van der Waals surface area contributed by atoms with Crippen molar-refractivity contribution in [3.63, 3.8) is 0 Å². The second-order valence-corrected chi connectivity index (χ2v) is 21.6. The lowest BCUT2D eigenvalue weighted by Gasteiger charge is -2.72. The molecule has 8 atom stereocenters. The number of benzene rings is 1. The smallest absolute Gasteiger partial charge is 0.312 e. The number of hydrogen-bond acceptors (Lipinski definition) is 6. The maximum atomic E-state index is 14.0. The van der Waals surface area contributed by atoms with Gasteiger partial charge >= 0.3 is 11.9 Å². The minimum absolute atomic E-state index is 0.0246. The van der Waals surface area contributed by atoms with Crippen LogP contribution >= 0.6 is 0 Å². The van der Waals surface area contributed by atoms with E-state index in [4.69, 9.17) is 9.47 Å². The fourth-order valence-corrected chi connectivity index (χ4v) is 13.0. The number of ether oxygens (including phenoxy) is 2. The first kappa shape index (κ1) is 42.3. The molecule has 0 aliphatic heterocycles. The Morgan fingerprint density at radius 2 is 1.54 bits per heavy atom. The lowest BCUT2D eigenvalue weighted by molar-refractivity contribution is -0.232. The normalized spacial score (nSPS) is 35.4. The number of esters is 2. The predicted molar refractivity (Wildman–Crippen MR) is 218 cm³/mol. The molecule has 0 radical (unpaired) electrons. The summed E-state index contributed by atoms with van der Waals surface area (Å²) in [5, 5.41) is 2.87. The molecular weight excluding hydrogens is 706 g/mol. The van der Waals surface area contributed by atoms with Gasteiger partial charge in [-0.1, -0.05) is 54.5 Å². The van der Waals surface area contributed by atoms with Gasteiger partial charge in [0, 0.05) is 29.0 Å². The zero-order valence-electron chi connectivity index (χ0n) is 36.2. The molecule has 4 saturated carbocycles. The number of nitrogens with one attached hydrogen (secondary N) is 1. The quantitative estimate of drug-likeness (QED) is 0.209. The van der Waals surface area contributed by atoms with Gasteiger partial charge in [0.05, 0.1) is 11.8 Å². The van der Waals surface area contributed by atoms with Crippen LogP contribution in [0, 0.1) is 62.0 Å². The van der Waals surface area contributed by atoms with Crippen molar-refractivity contribution < 1.29 is 33.0 Å². The molecule has 56 heavy (non-hydrogen) atoms. The molecule has 1 aromatic rings. The molecule has 1 aromatic carbocycles. The van der Waals surface area contributed by atoms with Crippen molar-refractivity contribution in [1.29, 1.82) is 0 Å². The molecular formula is C48H68FNO6. The van der Waals surface area contributed by atoms with Gasteiger partial charge < -0.3 is 14.8 Å². The topological polar surface area (TPSA) is 98.8 Å². The fourth-order valence-electron chi connectivity index (χ4n) is 13.0. The minimum atomic E-state index is -0.989. The predicted octanol–water partition coefficient (Wildman–Crippen LogP) is 11.0. The van der Waals surface area contributed by atoms with E-state index in [0.717, 1.165) is 56.9 Å². The second kappa shape index (κ2) is 14.2. The van der Waals surface area contributed by atoms with Crippen LogP contribution in [0.4, 0.5) is 10.1 Å². The van der Waals surface area contributed by atoms with E-state index in [1.165, 1.54) is 17.7 Å². The van der Waals surface area contributed by atoms with Gasteiger partial charge in [0.15, 0.2) is 5.78 Å². The average molecular weight is 774 g/mol. The standard InChI is InChI=1S/C48H68FNO6/c1-29(2)39-33(51)27-48(24-21-37(52)50-31-15-13-30(49)14-16-31)26-25-46(11)32(40(39)48)17-18-35-45(10)22-20-36(44(8,9)34(45)19-23-47(35,46)12)55-38(53)28-43(6,7)41(54)56-42(3,4)5/h13-16,21,24,29,32,34-36H,17-20,22-23,25-28H2,1-12H3,(H,50,52)/b24-21+/t32-,34+,35-,36+,45+,46-,47-,48+/m1/s1. The molecule has 1 amide bonds. The van der Waals surface area contributed by atoms with Crippen LogP contribution in [0.3, 0.4) is 0 Å². The van der Waals surface area contributed by atoms with Crippen molar-refractivity contribution in [3.8, 4) is 0 Å². The first-order valence-corrected chi connectivity index (χ1v) is 21.3. The highest BCUT2D eigenvalue weighted by atomic mass is 19.1. The summed E-state index contributed by atoms with van der Waals surface area (Å²) in [4.78, 5) is 53.6. The number of carbonyl (C=O) groups is 4. The molecule has 8 heteroatoms. The maximum absolute atomic E-state index is 14.0. The monoisotopic (exact) mass is 774 g/mol. The van der Waals surface area contributed by atoms with E-state index in [9.17, 15) is 23.6 Å². The Morgan fingerprint density at radius 1 is 0.875 bits per heavy atom. The number of rotatable bonds is 8. The molecule has 5 aliphatic carbocycles. The average Bonchev–Trinajstić information content (AvgIpc) is 3.38. The van der Waals surface area contributed by atoms with E-state index in [2.05, 4.69) is 53.8 Å². The molecule has 308 valence electrons. The molecule has 6 rings (SSSR count). The second-order valence-electron chi connectivity index (χ2n) is 21.6. The number of carbonyl (C=O) groups excluding carboxylic acids is 4. The highest BCUT2D eigenvalue weighted by Gasteiger charge is 2.70. The molecule has 5 aliphatic rings. The summed E-state index contributed by atoms with van der Waals surface area (Å²) in [6, 6.07) is 5.76. The van der Waals surface area contributed by atoms with Crippen LogP contribution in [-0.4, -0.2) is 35.3 Å². The Balaban J connectivity index is 1.24. The van der Waals surface area contributed by atoms with Crippen molar-refractivity contribution in [1.82, 2.24) is 0 Å². The van der Waals surface area contributed by atoms with Crippen LogP contribution in [0.1, 0.15) is 147 Å². The van der Waals surface area contributed by atoms with Crippen LogP contribution in [0.5, 0.6) is 0 Å². The van der Waals surface area contributed by atoms with Gasteiger partial charge in [-0.2, -0.15) is 0 Å². The molecule has 0 spiro atoms. The SMILES string of the molecule is CC(C)C1=C2[C@H]3CC[C@@H]4[C@@]5(C)CC[C@H](OC(=O)CC(C)(C)C(=O)OC(C)(C)C)C(C)(C)[C@@H]5CC[C@@]4(C)[C@]3(C)CC[C@@]2(/C=C/C(=O)Nc2ccc(F)cc2)CC1=O. The minimum Gasteiger partial charge on any atom is -0.462 e. The van der Waals surface area contributed by atoms with Crippen molar-refractivity contribution in [2.24, 2.45) is 56.2 Å². The third kappa shape index (κ3) is 7.11.